The standard InChI is InChI=1S/C12H14O13.2H3N/c13-5(14)1-11(24,9(20)21)4-8(19)25-12(10(22)23,2-6(15)16)3-7(17)18;;/h24H,1-4H2,(H,13,14)(H,15,16)(H,17,18)(H,20,21)(H,22,23);2*1H3. The maximum absolute atomic E-state index is 11.7. The normalized spacial score (nSPS) is 12.3. The highest BCUT2D eigenvalue weighted by molar-refractivity contribution is 5.92. The molecule has 1 atom stereocenters. The third kappa shape index (κ3) is 8.56. The molecule has 0 rings (SSSR count). The van der Waals surface area contributed by atoms with Gasteiger partial charge in [0, 0.05) is 0 Å². The Kier molecular flexibility index (Phi) is 11.2. The molecule has 0 amide bonds. The lowest BCUT2D eigenvalue weighted by Crippen LogP contribution is -2.49. The number of carboxylic acids is 5. The topological polar surface area (TPSA) is 303 Å². The quantitative estimate of drug-likeness (QED) is 0.179. The highest BCUT2D eigenvalue weighted by Crippen LogP contribution is 2.25. The third-order valence-corrected chi connectivity index (χ3v) is 2.85. The Morgan fingerprint density at radius 3 is 1.26 bits per heavy atom. The van der Waals surface area contributed by atoms with Crippen LogP contribution in [0.5, 0.6) is 0 Å². The predicted octanol–water partition coefficient (Wildman–Crippen LogP) is -1.69. The van der Waals surface area contributed by atoms with Gasteiger partial charge >= 0.3 is 35.8 Å². The van der Waals surface area contributed by atoms with E-state index in [1.54, 1.807) is 0 Å². The van der Waals surface area contributed by atoms with Gasteiger partial charge in [0.2, 0.25) is 5.60 Å². The highest BCUT2D eigenvalue weighted by Gasteiger charge is 2.49. The molecule has 15 heteroatoms. The summed E-state index contributed by atoms with van der Waals surface area (Å²) >= 11 is 0. The zero-order valence-corrected chi connectivity index (χ0v) is 13.8. The Bertz CT molecular complexity index is 600. The van der Waals surface area contributed by atoms with Gasteiger partial charge in [-0.25, -0.2) is 9.59 Å². The molecule has 0 aliphatic rings. The first-order valence-electron chi connectivity index (χ1n) is 6.30. The minimum absolute atomic E-state index is 0. The third-order valence-electron chi connectivity index (χ3n) is 2.85. The molecule has 156 valence electrons. The molecule has 1 unspecified atom stereocenters. The Hall–Kier alpha value is -3.30. The fraction of sp³-hybridized carbons (Fsp3) is 0.500. The van der Waals surface area contributed by atoms with E-state index in [0.717, 1.165) is 0 Å². The summed E-state index contributed by atoms with van der Waals surface area (Å²) in [7, 11) is 0. The van der Waals surface area contributed by atoms with E-state index in [1.807, 2.05) is 0 Å². The number of hydrogen-bond donors (Lipinski definition) is 8. The summed E-state index contributed by atoms with van der Waals surface area (Å²) in [6.45, 7) is 0. The van der Waals surface area contributed by atoms with Gasteiger partial charge in [-0.05, 0) is 0 Å². The number of rotatable bonds is 11. The van der Waals surface area contributed by atoms with Crippen molar-refractivity contribution in [3.8, 4) is 0 Å². The number of ether oxygens (including phenoxy) is 1. The summed E-state index contributed by atoms with van der Waals surface area (Å²) in [6.07, 6.45) is -5.94. The lowest BCUT2D eigenvalue weighted by atomic mass is 9.93. The van der Waals surface area contributed by atoms with E-state index < -0.39 is 72.7 Å². The molecular weight excluding hydrogens is 380 g/mol. The van der Waals surface area contributed by atoms with Crippen LogP contribution in [0.4, 0.5) is 0 Å². The summed E-state index contributed by atoms with van der Waals surface area (Å²) < 4.78 is 4.33. The molecule has 0 aliphatic heterocycles. The van der Waals surface area contributed by atoms with E-state index in [0.29, 0.717) is 0 Å². The van der Waals surface area contributed by atoms with Gasteiger partial charge in [0.25, 0.3) is 0 Å². The number of esters is 1. The van der Waals surface area contributed by atoms with E-state index in [2.05, 4.69) is 4.74 Å². The van der Waals surface area contributed by atoms with Crippen molar-refractivity contribution in [3.05, 3.63) is 0 Å². The van der Waals surface area contributed by atoms with E-state index in [4.69, 9.17) is 25.5 Å². The van der Waals surface area contributed by atoms with E-state index in [1.165, 1.54) is 0 Å². The average molecular weight is 400 g/mol. The van der Waals surface area contributed by atoms with Crippen molar-refractivity contribution in [1.82, 2.24) is 12.3 Å². The van der Waals surface area contributed by atoms with E-state index >= 15 is 0 Å². The maximum atomic E-state index is 11.7. The van der Waals surface area contributed by atoms with Crippen molar-refractivity contribution in [2.24, 2.45) is 0 Å². The van der Waals surface area contributed by atoms with Gasteiger partial charge in [-0.15, -0.1) is 0 Å². The molecule has 0 saturated carbocycles. The van der Waals surface area contributed by atoms with Crippen LogP contribution in [0.15, 0.2) is 0 Å². The van der Waals surface area contributed by atoms with Gasteiger partial charge in [0.05, 0.1) is 25.7 Å². The number of carboxylic acid groups (broad SMARTS) is 5. The van der Waals surface area contributed by atoms with Gasteiger partial charge in [0.1, 0.15) is 0 Å². The number of aliphatic carboxylic acids is 5. The van der Waals surface area contributed by atoms with Gasteiger partial charge in [-0.1, -0.05) is 0 Å². The molecule has 15 nitrogen and oxygen atoms in total. The summed E-state index contributed by atoms with van der Waals surface area (Å²) in [6, 6.07) is 0. The average Bonchev–Trinajstić information content (AvgIpc) is 2.34. The Morgan fingerprint density at radius 1 is 0.630 bits per heavy atom. The molecule has 0 spiro atoms. The van der Waals surface area contributed by atoms with E-state index in [9.17, 15) is 33.9 Å². The molecule has 0 aromatic heterocycles. The van der Waals surface area contributed by atoms with Gasteiger partial charge in [0.15, 0.2) is 5.60 Å². The molecule has 12 N–H and O–H groups in total. The van der Waals surface area contributed by atoms with Gasteiger partial charge in [-0.2, -0.15) is 0 Å². The Labute approximate surface area is 150 Å². The monoisotopic (exact) mass is 400 g/mol. The van der Waals surface area contributed by atoms with Crippen molar-refractivity contribution in [2.45, 2.75) is 36.9 Å². The van der Waals surface area contributed by atoms with Crippen molar-refractivity contribution >= 4 is 35.8 Å². The van der Waals surface area contributed by atoms with Crippen molar-refractivity contribution in [3.63, 3.8) is 0 Å². The van der Waals surface area contributed by atoms with Crippen LogP contribution in [-0.2, 0) is 33.5 Å². The molecule has 27 heavy (non-hydrogen) atoms. The van der Waals surface area contributed by atoms with Crippen LogP contribution >= 0.6 is 0 Å². The van der Waals surface area contributed by atoms with Crippen LogP contribution in [0.1, 0.15) is 25.7 Å². The van der Waals surface area contributed by atoms with E-state index in [-0.39, 0.29) is 12.3 Å². The van der Waals surface area contributed by atoms with Crippen molar-refractivity contribution in [1.29, 1.82) is 0 Å². The highest BCUT2D eigenvalue weighted by atomic mass is 16.6. The summed E-state index contributed by atoms with van der Waals surface area (Å²) in [5.74, 6) is -11.6. The lowest BCUT2D eigenvalue weighted by Gasteiger charge is -2.28. The Balaban J connectivity index is -0.00000288. The number of aliphatic hydroxyl groups is 1. The molecule has 0 fully saturated rings. The lowest BCUT2D eigenvalue weighted by molar-refractivity contribution is -0.191. The molecular formula is C12H20N2O13. The minimum atomic E-state index is -3.17. The zero-order chi connectivity index (χ0) is 20.0. The minimum Gasteiger partial charge on any atom is -0.481 e. The molecule has 0 aromatic carbocycles. The van der Waals surface area contributed by atoms with Gasteiger partial charge < -0.3 is 47.7 Å². The number of carbonyl (C=O) groups is 6. The van der Waals surface area contributed by atoms with Crippen LogP contribution in [0.2, 0.25) is 0 Å². The summed E-state index contributed by atoms with van der Waals surface area (Å²) in [4.78, 5) is 66.0. The SMILES string of the molecule is N.N.O=C(O)CC(O)(CC(=O)OC(CC(=O)O)(CC(=O)O)C(=O)O)C(=O)O. The second-order valence-corrected chi connectivity index (χ2v) is 5.00. The summed E-state index contributed by atoms with van der Waals surface area (Å²) in [5, 5.41) is 53.5. The van der Waals surface area contributed by atoms with Crippen LogP contribution < -0.4 is 12.3 Å². The Morgan fingerprint density at radius 2 is 1.00 bits per heavy atom. The fourth-order valence-electron chi connectivity index (χ4n) is 1.77. The number of hydrogen-bond acceptors (Lipinski definition) is 10. The zero-order valence-electron chi connectivity index (χ0n) is 13.8. The second-order valence-electron chi connectivity index (χ2n) is 5.00. The number of carbonyl (C=O) groups excluding carboxylic acids is 1. The largest absolute Gasteiger partial charge is 0.481 e. The summed E-state index contributed by atoms with van der Waals surface area (Å²) in [5.41, 5.74) is -6.24. The molecule has 0 aromatic rings. The van der Waals surface area contributed by atoms with Crippen LogP contribution in [0.25, 0.3) is 0 Å². The van der Waals surface area contributed by atoms with Crippen molar-refractivity contribution < 1.29 is 64.1 Å². The van der Waals surface area contributed by atoms with Gasteiger partial charge in [-0.3, -0.25) is 19.2 Å². The molecule has 0 radical (unpaired) electrons. The molecule has 0 heterocycles. The van der Waals surface area contributed by atoms with Crippen molar-refractivity contribution in [2.75, 3.05) is 0 Å². The van der Waals surface area contributed by atoms with Crippen LogP contribution in [-0.4, -0.2) is 77.7 Å². The predicted molar refractivity (Wildman–Crippen MR) is 80.5 cm³/mol. The first-order valence-corrected chi connectivity index (χ1v) is 6.30. The smallest absolute Gasteiger partial charge is 0.349 e. The fourth-order valence-corrected chi connectivity index (χ4v) is 1.77. The maximum Gasteiger partial charge on any atom is 0.349 e. The second kappa shape index (κ2) is 10.6. The first-order chi connectivity index (χ1) is 11.2. The molecule has 0 bridgehead atoms. The molecule has 0 aliphatic carbocycles. The molecule has 0 saturated heterocycles. The first kappa shape index (κ1) is 28.5. The van der Waals surface area contributed by atoms with Crippen LogP contribution in [0, 0.1) is 0 Å². The van der Waals surface area contributed by atoms with Crippen LogP contribution in [0.3, 0.4) is 0 Å².